The molecule has 2 heterocycles. The fraction of sp³-hybridized carbons (Fsp3) is 0.417. The third-order valence-electron chi connectivity index (χ3n) is 5.98. The number of hydrogen-bond acceptors (Lipinski definition) is 5. The van der Waals surface area contributed by atoms with Gasteiger partial charge in [-0.1, -0.05) is 18.2 Å². The van der Waals surface area contributed by atoms with Crippen LogP contribution in [-0.4, -0.2) is 76.1 Å². The van der Waals surface area contributed by atoms with Crippen LogP contribution in [0.2, 0.25) is 0 Å². The maximum atomic E-state index is 12.6. The van der Waals surface area contributed by atoms with Gasteiger partial charge >= 0.3 is 0 Å². The van der Waals surface area contributed by atoms with Gasteiger partial charge in [-0.3, -0.25) is 0 Å². The van der Waals surface area contributed by atoms with Crippen molar-refractivity contribution in [3.8, 4) is 5.75 Å². The topological polar surface area (TPSA) is 77.7 Å². The van der Waals surface area contributed by atoms with E-state index < -0.39 is 10.0 Å². The molecule has 0 radical (unpaired) electrons. The van der Waals surface area contributed by atoms with E-state index in [-0.39, 0.29) is 4.90 Å². The van der Waals surface area contributed by atoms with E-state index in [2.05, 4.69) is 26.6 Å². The number of ether oxygens (including phenoxy) is 1. The Kier molecular flexibility index (Phi) is 7.47. The minimum absolute atomic E-state index is 0.251. The Hall–Kier alpha value is -2.39. The quantitative estimate of drug-likeness (QED) is 0.459. The van der Waals surface area contributed by atoms with Gasteiger partial charge < -0.3 is 19.5 Å². The normalized spacial score (nSPS) is 15.9. The van der Waals surface area contributed by atoms with Gasteiger partial charge in [-0.15, -0.1) is 0 Å². The zero-order valence-electron chi connectivity index (χ0n) is 18.6. The molecule has 1 fully saturated rings. The van der Waals surface area contributed by atoms with Crippen molar-refractivity contribution in [2.75, 3.05) is 52.9 Å². The SMILES string of the molecule is CN1CCN(CCCOc2ccc(S(=O)(=O)NCCc3c[nH]c4ccccc34)cc2)CC1. The van der Waals surface area contributed by atoms with Crippen LogP contribution in [-0.2, 0) is 16.4 Å². The Morgan fingerprint density at radius 2 is 1.78 bits per heavy atom. The molecule has 0 atom stereocenters. The molecule has 32 heavy (non-hydrogen) atoms. The zero-order chi connectivity index (χ0) is 22.4. The highest BCUT2D eigenvalue weighted by Gasteiger charge is 2.15. The number of aromatic nitrogens is 1. The van der Waals surface area contributed by atoms with Crippen LogP contribution in [0.15, 0.2) is 59.6 Å². The molecular weight excluding hydrogens is 424 g/mol. The lowest BCUT2D eigenvalue weighted by atomic mass is 10.1. The summed E-state index contributed by atoms with van der Waals surface area (Å²) in [4.78, 5) is 8.28. The number of hydrogen-bond donors (Lipinski definition) is 2. The van der Waals surface area contributed by atoms with Crippen molar-refractivity contribution in [1.29, 1.82) is 0 Å². The van der Waals surface area contributed by atoms with E-state index in [0.717, 1.165) is 55.6 Å². The second-order valence-electron chi connectivity index (χ2n) is 8.33. The summed E-state index contributed by atoms with van der Waals surface area (Å²) in [7, 11) is -1.40. The maximum Gasteiger partial charge on any atom is 0.240 e. The van der Waals surface area contributed by atoms with Crippen molar-refractivity contribution in [2.24, 2.45) is 0 Å². The highest BCUT2D eigenvalue weighted by molar-refractivity contribution is 7.89. The summed E-state index contributed by atoms with van der Waals surface area (Å²) >= 11 is 0. The van der Waals surface area contributed by atoms with E-state index in [4.69, 9.17) is 4.74 Å². The number of fused-ring (bicyclic) bond motifs is 1. The van der Waals surface area contributed by atoms with E-state index in [9.17, 15) is 8.42 Å². The third kappa shape index (κ3) is 5.89. The number of piperazine rings is 1. The third-order valence-corrected chi connectivity index (χ3v) is 7.46. The Morgan fingerprint density at radius 1 is 1.03 bits per heavy atom. The molecule has 0 saturated carbocycles. The van der Waals surface area contributed by atoms with Crippen molar-refractivity contribution in [3.05, 3.63) is 60.3 Å². The van der Waals surface area contributed by atoms with Crippen LogP contribution in [0.4, 0.5) is 0 Å². The van der Waals surface area contributed by atoms with Crippen LogP contribution < -0.4 is 9.46 Å². The summed E-state index contributed by atoms with van der Waals surface area (Å²) < 4.78 is 33.7. The van der Waals surface area contributed by atoms with E-state index in [1.807, 2.05) is 30.5 Å². The lowest BCUT2D eigenvalue weighted by molar-refractivity contribution is 0.145. The number of benzene rings is 2. The van der Waals surface area contributed by atoms with Crippen LogP contribution >= 0.6 is 0 Å². The number of likely N-dealkylation sites (N-methyl/N-ethyl adjacent to an activating group) is 1. The van der Waals surface area contributed by atoms with Gasteiger partial charge in [0.15, 0.2) is 0 Å². The number of rotatable bonds is 10. The van der Waals surface area contributed by atoms with Gasteiger partial charge in [0.25, 0.3) is 0 Å². The molecular formula is C24H32N4O3S. The highest BCUT2D eigenvalue weighted by atomic mass is 32.2. The fourth-order valence-corrected chi connectivity index (χ4v) is 5.04. The highest BCUT2D eigenvalue weighted by Crippen LogP contribution is 2.19. The molecule has 0 spiro atoms. The van der Waals surface area contributed by atoms with Gasteiger partial charge in [0.05, 0.1) is 11.5 Å². The molecule has 3 aromatic rings. The predicted molar refractivity (Wildman–Crippen MR) is 128 cm³/mol. The molecule has 172 valence electrons. The summed E-state index contributed by atoms with van der Waals surface area (Å²) in [5, 5.41) is 1.13. The second-order valence-corrected chi connectivity index (χ2v) is 10.1. The van der Waals surface area contributed by atoms with Crippen LogP contribution in [0, 0.1) is 0 Å². The van der Waals surface area contributed by atoms with Crippen LogP contribution in [0.25, 0.3) is 10.9 Å². The smallest absolute Gasteiger partial charge is 0.240 e. The summed E-state index contributed by atoms with van der Waals surface area (Å²) in [6.45, 7) is 6.45. The number of H-pyrrole nitrogens is 1. The lowest BCUT2D eigenvalue weighted by Crippen LogP contribution is -2.44. The number of para-hydroxylation sites is 1. The standard InChI is InChI=1S/C24H32N4O3S/c1-27-14-16-28(17-15-27)13-4-18-31-21-7-9-22(10-8-21)32(29,30)26-12-11-20-19-25-24-6-3-2-5-23(20)24/h2-3,5-10,19,25-26H,4,11-18H2,1H3. The van der Waals surface area contributed by atoms with Gasteiger partial charge in [0.1, 0.15) is 5.75 Å². The first-order valence-electron chi connectivity index (χ1n) is 11.2. The first kappa shape index (κ1) is 22.8. The fourth-order valence-electron chi connectivity index (χ4n) is 4.01. The van der Waals surface area contributed by atoms with Crippen LogP contribution in [0.1, 0.15) is 12.0 Å². The number of aromatic amines is 1. The number of nitrogens with one attached hydrogen (secondary N) is 2. The predicted octanol–water partition coefficient (Wildman–Crippen LogP) is 2.71. The minimum atomic E-state index is -3.55. The summed E-state index contributed by atoms with van der Waals surface area (Å²) in [6, 6.07) is 14.7. The maximum absolute atomic E-state index is 12.6. The minimum Gasteiger partial charge on any atom is -0.494 e. The van der Waals surface area contributed by atoms with Crippen molar-refractivity contribution in [3.63, 3.8) is 0 Å². The van der Waals surface area contributed by atoms with Gasteiger partial charge in [0, 0.05) is 56.4 Å². The van der Waals surface area contributed by atoms with Crippen molar-refractivity contribution in [2.45, 2.75) is 17.7 Å². The summed E-state index contributed by atoms with van der Waals surface area (Å²) in [5.74, 6) is 0.695. The second kappa shape index (κ2) is 10.5. The van der Waals surface area contributed by atoms with Gasteiger partial charge in [-0.25, -0.2) is 13.1 Å². The van der Waals surface area contributed by atoms with Crippen LogP contribution in [0.5, 0.6) is 5.75 Å². The molecule has 1 aliphatic heterocycles. The average Bonchev–Trinajstić information content (AvgIpc) is 3.21. The molecule has 2 N–H and O–H groups in total. The summed E-state index contributed by atoms with van der Waals surface area (Å²) in [6.07, 6.45) is 3.52. The van der Waals surface area contributed by atoms with Crippen molar-refractivity contribution in [1.82, 2.24) is 19.5 Å². The Bertz CT molecular complexity index is 1100. The number of nitrogens with zero attached hydrogens (tertiary/aromatic N) is 2. The number of sulfonamides is 1. The molecule has 4 rings (SSSR count). The molecule has 0 unspecified atom stereocenters. The first-order valence-corrected chi connectivity index (χ1v) is 12.7. The Balaban J connectivity index is 1.21. The monoisotopic (exact) mass is 456 g/mol. The molecule has 1 aromatic heterocycles. The molecule has 0 bridgehead atoms. The van der Waals surface area contributed by atoms with Gasteiger partial charge in [-0.2, -0.15) is 0 Å². The summed E-state index contributed by atoms with van der Waals surface area (Å²) in [5.41, 5.74) is 2.16. The molecule has 7 nitrogen and oxygen atoms in total. The van der Waals surface area contributed by atoms with Gasteiger partial charge in [-0.05, 0) is 55.8 Å². The zero-order valence-corrected chi connectivity index (χ0v) is 19.4. The van der Waals surface area contributed by atoms with Crippen molar-refractivity contribution < 1.29 is 13.2 Å². The lowest BCUT2D eigenvalue weighted by Gasteiger charge is -2.32. The molecule has 1 aliphatic rings. The van der Waals surface area contributed by atoms with Crippen molar-refractivity contribution >= 4 is 20.9 Å². The van der Waals surface area contributed by atoms with Gasteiger partial charge in [0.2, 0.25) is 10.0 Å². The van der Waals surface area contributed by atoms with E-state index in [1.165, 1.54) is 0 Å². The Labute approximate surface area is 190 Å². The molecule has 0 aliphatic carbocycles. The molecule has 8 heteroatoms. The molecule has 2 aromatic carbocycles. The van der Waals surface area contributed by atoms with Crippen LogP contribution in [0.3, 0.4) is 0 Å². The molecule has 0 amide bonds. The Morgan fingerprint density at radius 3 is 2.56 bits per heavy atom. The average molecular weight is 457 g/mol. The van der Waals surface area contributed by atoms with E-state index in [1.54, 1.807) is 24.3 Å². The molecule has 1 saturated heterocycles. The first-order chi connectivity index (χ1) is 15.5. The van der Waals surface area contributed by atoms with E-state index in [0.29, 0.717) is 25.3 Å². The van der Waals surface area contributed by atoms with E-state index >= 15 is 0 Å². The largest absolute Gasteiger partial charge is 0.494 e.